The molecule has 1 aliphatic carbocycles. The zero-order valence-electron chi connectivity index (χ0n) is 48.4. The van der Waals surface area contributed by atoms with Crippen LogP contribution in [0.5, 0.6) is 0 Å². The second kappa shape index (κ2) is 18.7. The van der Waals surface area contributed by atoms with Gasteiger partial charge < -0.3 is 0 Å². The van der Waals surface area contributed by atoms with E-state index in [-0.39, 0.29) is 0 Å². The Hall–Kier alpha value is -9.62. The molecule has 1 aliphatic rings. The van der Waals surface area contributed by atoms with Crippen LogP contribution in [0.1, 0.15) is 62.4 Å². The molecule has 84 heavy (non-hydrogen) atoms. The highest BCUT2D eigenvalue weighted by molar-refractivity contribution is 6.42. The molecule has 0 spiro atoms. The number of fused-ring (bicyclic) bond motifs is 11. The van der Waals surface area contributed by atoms with Gasteiger partial charge in [0.1, 0.15) is 0 Å². The summed E-state index contributed by atoms with van der Waals surface area (Å²) in [5.41, 5.74) is 25.2. The van der Waals surface area contributed by atoms with Gasteiger partial charge in [-0.2, -0.15) is 0 Å². The van der Waals surface area contributed by atoms with Crippen LogP contribution in [0.2, 0.25) is 0 Å². The fourth-order valence-electron chi connectivity index (χ4n) is 16.0. The molecule has 0 atom stereocenters. The quantitative estimate of drug-likeness (QED) is 0.128. The van der Waals surface area contributed by atoms with Gasteiger partial charge >= 0.3 is 0 Å². The van der Waals surface area contributed by atoms with Crippen molar-refractivity contribution in [3.05, 3.63) is 252 Å². The van der Waals surface area contributed by atoms with Gasteiger partial charge in [0, 0.05) is 0 Å². The average molecular weight is 1070 g/mol. The minimum absolute atomic E-state index is 0.939. The fraction of sp³-hybridized carbons (Fsp3) is 0.119. The number of hydrogen-bond donors (Lipinski definition) is 0. The van der Waals surface area contributed by atoms with Gasteiger partial charge in [-0.15, -0.1) is 0 Å². The first-order valence-corrected chi connectivity index (χ1v) is 30.8. The lowest BCUT2D eigenvalue weighted by atomic mass is 9.82. The molecule has 0 N–H and O–H groups in total. The van der Waals surface area contributed by atoms with E-state index in [2.05, 4.69) is 259 Å². The van der Waals surface area contributed by atoms with E-state index >= 15 is 0 Å². The lowest BCUT2D eigenvalue weighted by Crippen LogP contribution is -1.94. The summed E-state index contributed by atoms with van der Waals surface area (Å²) in [6.45, 7) is 11.5. The zero-order chi connectivity index (χ0) is 56.1. The smallest absolute Gasteiger partial charge is 0.000741 e. The van der Waals surface area contributed by atoms with Crippen LogP contribution >= 0.6 is 0 Å². The van der Waals surface area contributed by atoms with Gasteiger partial charge in [-0.1, -0.05) is 259 Å². The summed E-state index contributed by atoms with van der Waals surface area (Å²) in [5.74, 6) is 0. The highest BCUT2D eigenvalue weighted by Gasteiger charge is 2.33. The normalized spacial score (nSPS) is 12.3. The first-order chi connectivity index (χ1) is 41.5. The predicted molar refractivity (Wildman–Crippen MR) is 365 cm³/mol. The van der Waals surface area contributed by atoms with Gasteiger partial charge in [-0.3, -0.25) is 0 Å². The van der Waals surface area contributed by atoms with E-state index in [9.17, 15) is 0 Å². The molecule has 0 radical (unpaired) electrons. The molecule has 0 aromatic heterocycles. The van der Waals surface area contributed by atoms with E-state index in [4.69, 9.17) is 0 Å². The number of rotatable bonds is 10. The first kappa shape index (κ1) is 49.0. The van der Waals surface area contributed by atoms with E-state index in [1.54, 1.807) is 0 Å². The molecule has 0 heterocycles. The zero-order valence-corrected chi connectivity index (χ0v) is 48.4. The molecular weight excluding hydrogens is 1010 g/mol. The summed E-state index contributed by atoms with van der Waals surface area (Å²) >= 11 is 0. The summed E-state index contributed by atoms with van der Waals surface area (Å²) in [4.78, 5) is 0. The first-order valence-electron chi connectivity index (χ1n) is 30.8. The van der Waals surface area contributed by atoms with Crippen LogP contribution in [-0.2, 0) is 32.1 Å². The molecule has 0 amide bonds. The van der Waals surface area contributed by atoms with Crippen LogP contribution in [0.25, 0.3) is 175 Å². The maximum absolute atomic E-state index is 2.49. The van der Waals surface area contributed by atoms with E-state index in [1.165, 1.54) is 203 Å². The predicted octanol–water partition coefficient (Wildman–Crippen LogP) is 23.7. The maximum atomic E-state index is 2.49. The third-order valence-corrected chi connectivity index (χ3v) is 19.8. The van der Waals surface area contributed by atoms with Crippen molar-refractivity contribution in [2.75, 3.05) is 0 Å². The summed E-state index contributed by atoms with van der Waals surface area (Å²) in [5, 5.41) is 24.5. The maximum Gasteiger partial charge on any atom is -0.000741 e. The van der Waals surface area contributed by atoms with Gasteiger partial charge in [0.05, 0.1) is 0 Å². The van der Waals surface area contributed by atoms with Crippen LogP contribution in [0, 0.1) is 0 Å². The lowest BCUT2D eigenvalue weighted by molar-refractivity contribution is 1.14. The van der Waals surface area contributed by atoms with Gasteiger partial charge in [-0.05, 0) is 235 Å². The lowest BCUT2D eigenvalue weighted by Gasteiger charge is -2.20. The van der Waals surface area contributed by atoms with Crippen molar-refractivity contribution in [1.82, 2.24) is 0 Å². The van der Waals surface area contributed by atoms with E-state index in [0.717, 1.165) is 32.1 Å². The van der Waals surface area contributed by atoms with Crippen molar-refractivity contribution in [1.29, 1.82) is 0 Å². The Labute approximate surface area is 491 Å². The summed E-state index contributed by atoms with van der Waals surface area (Å²) < 4.78 is 0. The van der Waals surface area contributed by atoms with Crippen molar-refractivity contribution in [2.45, 2.75) is 66.7 Å². The van der Waals surface area contributed by atoms with Crippen LogP contribution < -0.4 is 0 Å². The molecule has 398 valence electrons. The van der Waals surface area contributed by atoms with Crippen LogP contribution in [0.4, 0.5) is 0 Å². The molecular formula is C84H62. The summed E-state index contributed by atoms with van der Waals surface area (Å²) in [6, 6.07) is 87.0. The van der Waals surface area contributed by atoms with Gasteiger partial charge in [0.25, 0.3) is 0 Å². The minimum atomic E-state index is 0.939. The third-order valence-electron chi connectivity index (χ3n) is 19.8. The number of aryl methyl sites for hydroxylation is 5. The van der Waals surface area contributed by atoms with Crippen molar-refractivity contribution in [3.63, 3.8) is 0 Å². The summed E-state index contributed by atoms with van der Waals surface area (Å²) in [6.07, 6.45) is 4.95. The highest BCUT2D eigenvalue weighted by atomic mass is 14.3. The Morgan fingerprint density at radius 2 is 0.488 bits per heavy atom. The van der Waals surface area contributed by atoms with Crippen molar-refractivity contribution < 1.29 is 0 Å². The molecule has 0 bridgehead atoms. The molecule has 0 heteroatoms. The van der Waals surface area contributed by atoms with Crippen LogP contribution in [0.15, 0.2) is 224 Å². The number of benzene rings is 14. The minimum Gasteiger partial charge on any atom is -0.0616 e. The molecule has 0 unspecified atom stereocenters. The van der Waals surface area contributed by atoms with Gasteiger partial charge in [0.15, 0.2) is 0 Å². The third kappa shape index (κ3) is 6.71. The van der Waals surface area contributed by atoms with E-state index in [1.807, 2.05) is 0 Å². The van der Waals surface area contributed by atoms with Crippen LogP contribution in [-0.4, -0.2) is 0 Å². The van der Waals surface area contributed by atoms with E-state index < -0.39 is 0 Å². The van der Waals surface area contributed by atoms with Gasteiger partial charge in [-0.25, -0.2) is 0 Å². The fourth-order valence-corrected chi connectivity index (χ4v) is 16.0. The number of hydrogen-bond acceptors (Lipinski definition) is 0. The molecule has 16 aromatic rings. The average Bonchev–Trinajstić information content (AvgIpc) is 2.55. The second-order valence-electron chi connectivity index (χ2n) is 23.7. The Bertz CT molecular complexity index is 5240. The molecule has 0 aliphatic heterocycles. The second-order valence-corrected chi connectivity index (χ2v) is 23.7. The Morgan fingerprint density at radius 1 is 0.179 bits per heavy atom. The standard InChI is InChI=1S/C84H62/c1-6-48-28-34-51(35-29-48)56-40-41-59(58-19-12-11-18-57(56)58)60-42-45-71-76-63(60)22-15-25-68(76)79-54(9-4)80-69-26-16-23-64-61(43-46-72(77(64)69)82(80)55(10-5)81(71)79)62-44-47-73-78-65(62)24-17-27-70(78)83-74(52-36-30-49(7-2)31-37-52)66-20-13-14-21-67(66)75(84(73)83)53-38-32-50(8-3)33-39-53/h11-47H,6-10H2,1-5H3. The molecule has 0 nitrogen and oxygen atoms in total. The molecule has 0 saturated carbocycles. The van der Waals surface area contributed by atoms with E-state index in [0.29, 0.717) is 0 Å². The molecule has 0 fully saturated rings. The van der Waals surface area contributed by atoms with Crippen LogP contribution in [0.3, 0.4) is 0 Å². The SMILES string of the molecule is CCc1ccc(-c2ccc(-c3ccc4c5c(CC)c6c7ccc(-c8ccc9c%10c(cccc8%10)-c8c-9c(-c9ccc(CC)cc9)c9ccccc9c8-c8ccc(CC)cc8)c8cccc(c6c(CC)c5c5cccc3c54)c87)c3ccccc23)cc1. The van der Waals surface area contributed by atoms with Crippen molar-refractivity contribution >= 4 is 97.0 Å². The topological polar surface area (TPSA) is 0 Å². The Kier molecular flexibility index (Phi) is 10.9. The Balaban J connectivity index is 0.879. The largest absolute Gasteiger partial charge is 0.0616 e. The van der Waals surface area contributed by atoms with Crippen molar-refractivity contribution in [2.24, 2.45) is 0 Å². The molecule has 16 aromatic carbocycles. The molecule has 17 rings (SSSR count). The molecule has 0 saturated heterocycles. The highest BCUT2D eigenvalue weighted by Crippen LogP contribution is 2.60. The Morgan fingerprint density at radius 3 is 0.929 bits per heavy atom. The monoisotopic (exact) mass is 1070 g/mol. The summed E-state index contributed by atoms with van der Waals surface area (Å²) in [7, 11) is 0. The van der Waals surface area contributed by atoms with Gasteiger partial charge in [0.2, 0.25) is 0 Å². The van der Waals surface area contributed by atoms with Crippen molar-refractivity contribution in [3.8, 4) is 77.9 Å².